The van der Waals surface area contributed by atoms with Crippen molar-refractivity contribution in [2.75, 3.05) is 18.5 Å². The van der Waals surface area contributed by atoms with E-state index in [0.717, 1.165) is 10.9 Å². The Bertz CT molecular complexity index is 306. The molecule has 1 aromatic carbocycles. The minimum Gasteiger partial charge on any atom is -0.369 e. The van der Waals surface area contributed by atoms with Crippen LogP contribution in [0.15, 0.2) is 28.7 Å². The molecule has 0 bridgehead atoms. The Balaban J connectivity index is 2.84. The number of benzene rings is 1. The summed E-state index contributed by atoms with van der Waals surface area (Å²) in [5.74, 6) is 0. The third-order valence-corrected chi connectivity index (χ3v) is 3.41. The highest BCUT2D eigenvalue weighted by Gasteiger charge is 2.22. The van der Waals surface area contributed by atoms with Crippen molar-refractivity contribution < 1.29 is 0 Å². The minimum atomic E-state index is 0.0998. The van der Waals surface area contributed by atoms with E-state index in [1.54, 1.807) is 0 Å². The summed E-state index contributed by atoms with van der Waals surface area (Å²) in [6, 6.07) is 8.35. The van der Waals surface area contributed by atoms with Gasteiger partial charge in [0.1, 0.15) is 0 Å². The summed E-state index contributed by atoms with van der Waals surface area (Å²) in [5, 5.41) is 0. The molecule has 2 nitrogen and oxygen atoms in total. The van der Waals surface area contributed by atoms with Gasteiger partial charge in [-0.15, -0.1) is 0 Å². The summed E-state index contributed by atoms with van der Waals surface area (Å²) in [7, 11) is 2.11. The zero-order chi connectivity index (χ0) is 11.5. The summed E-state index contributed by atoms with van der Waals surface area (Å²) >= 11 is 3.44. The lowest BCUT2D eigenvalue weighted by Gasteiger charge is -2.37. The van der Waals surface area contributed by atoms with Crippen LogP contribution < -0.4 is 10.6 Å². The number of anilines is 1. The predicted octanol–water partition coefficient (Wildman–Crippen LogP) is 3.01. The van der Waals surface area contributed by atoms with E-state index in [1.165, 1.54) is 5.69 Å². The lowest BCUT2D eigenvalue weighted by atomic mass is 9.98. The van der Waals surface area contributed by atoms with Crippen LogP contribution in [0.2, 0.25) is 0 Å². The molecule has 0 saturated heterocycles. The molecule has 84 valence electrons. The average molecular weight is 271 g/mol. The first-order valence-corrected chi connectivity index (χ1v) is 5.96. The molecule has 15 heavy (non-hydrogen) atoms. The van der Waals surface area contributed by atoms with Gasteiger partial charge in [-0.2, -0.15) is 0 Å². The molecule has 1 aromatic rings. The molecule has 0 atom stereocenters. The monoisotopic (exact) mass is 270 g/mol. The van der Waals surface area contributed by atoms with E-state index in [2.05, 4.69) is 66.0 Å². The molecule has 0 amide bonds. The molecule has 3 heteroatoms. The molecule has 0 aliphatic carbocycles. The molecule has 0 spiro atoms. The maximum atomic E-state index is 5.62. The van der Waals surface area contributed by atoms with Crippen molar-refractivity contribution in [1.29, 1.82) is 0 Å². The van der Waals surface area contributed by atoms with Crippen molar-refractivity contribution in [3.63, 3.8) is 0 Å². The first kappa shape index (κ1) is 12.5. The van der Waals surface area contributed by atoms with E-state index in [9.17, 15) is 0 Å². The highest BCUT2D eigenvalue weighted by atomic mass is 79.9. The van der Waals surface area contributed by atoms with Crippen LogP contribution in [0.5, 0.6) is 0 Å². The minimum absolute atomic E-state index is 0.0998. The van der Waals surface area contributed by atoms with Crippen LogP contribution in [0.4, 0.5) is 5.69 Å². The topological polar surface area (TPSA) is 29.3 Å². The summed E-state index contributed by atoms with van der Waals surface area (Å²) < 4.78 is 1.11. The summed E-state index contributed by atoms with van der Waals surface area (Å²) in [6.07, 6.45) is 0.986. The van der Waals surface area contributed by atoms with Crippen LogP contribution in [0.25, 0.3) is 0 Å². The highest BCUT2D eigenvalue weighted by Crippen LogP contribution is 2.25. The number of nitrogens with two attached hydrogens (primary N) is 1. The van der Waals surface area contributed by atoms with Crippen LogP contribution in [0.3, 0.4) is 0 Å². The number of hydrogen-bond donors (Lipinski definition) is 1. The first-order chi connectivity index (χ1) is 6.97. The van der Waals surface area contributed by atoms with E-state index in [1.807, 2.05) is 0 Å². The van der Waals surface area contributed by atoms with Gasteiger partial charge in [0.15, 0.2) is 0 Å². The van der Waals surface area contributed by atoms with Gasteiger partial charge in [0.2, 0.25) is 0 Å². The largest absolute Gasteiger partial charge is 0.369 e. The quantitative estimate of drug-likeness (QED) is 0.912. The second-order valence-corrected chi connectivity index (χ2v) is 5.30. The third kappa shape index (κ3) is 3.21. The molecule has 0 radical (unpaired) electrons. The first-order valence-electron chi connectivity index (χ1n) is 5.17. The van der Waals surface area contributed by atoms with E-state index >= 15 is 0 Å². The van der Waals surface area contributed by atoms with Crippen LogP contribution in [-0.4, -0.2) is 19.1 Å². The molecule has 2 N–H and O–H groups in total. The smallest absolute Gasteiger partial charge is 0.0368 e. The van der Waals surface area contributed by atoms with Crippen molar-refractivity contribution >= 4 is 21.6 Å². The lowest BCUT2D eigenvalue weighted by molar-refractivity contribution is 0.456. The maximum Gasteiger partial charge on any atom is 0.0368 e. The normalized spacial score (nSPS) is 11.5. The van der Waals surface area contributed by atoms with Gasteiger partial charge >= 0.3 is 0 Å². The van der Waals surface area contributed by atoms with Gasteiger partial charge in [-0.3, -0.25) is 0 Å². The van der Waals surface area contributed by atoms with E-state index in [-0.39, 0.29) is 5.54 Å². The Labute approximate surface area is 101 Å². The van der Waals surface area contributed by atoms with Crippen LogP contribution in [-0.2, 0) is 0 Å². The molecule has 0 unspecified atom stereocenters. The molecular weight excluding hydrogens is 252 g/mol. The Morgan fingerprint density at radius 1 is 1.27 bits per heavy atom. The van der Waals surface area contributed by atoms with Crippen LogP contribution in [0.1, 0.15) is 20.3 Å². The second kappa shape index (κ2) is 4.99. The van der Waals surface area contributed by atoms with Crippen molar-refractivity contribution in [2.45, 2.75) is 25.8 Å². The van der Waals surface area contributed by atoms with E-state index in [4.69, 9.17) is 5.73 Å². The van der Waals surface area contributed by atoms with Crippen LogP contribution in [0, 0.1) is 0 Å². The van der Waals surface area contributed by atoms with Crippen molar-refractivity contribution in [3.8, 4) is 0 Å². The second-order valence-electron chi connectivity index (χ2n) is 4.39. The summed E-state index contributed by atoms with van der Waals surface area (Å²) in [5.41, 5.74) is 6.94. The molecule has 0 heterocycles. The summed E-state index contributed by atoms with van der Waals surface area (Å²) in [6.45, 7) is 5.14. The number of hydrogen-bond acceptors (Lipinski definition) is 2. The van der Waals surface area contributed by atoms with Gasteiger partial charge in [0, 0.05) is 22.7 Å². The van der Waals surface area contributed by atoms with E-state index in [0.29, 0.717) is 6.54 Å². The van der Waals surface area contributed by atoms with Gasteiger partial charge in [0.25, 0.3) is 0 Å². The molecule has 0 aliphatic rings. The Morgan fingerprint density at radius 2 is 1.80 bits per heavy atom. The van der Waals surface area contributed by atoms with Gasteiger partial charge in [-0.1, -0.05) is 15.9 Å². The highest BCUT2D eigenvalue weighted by molar-refractivity contribution is 9.10. The fraction of sp³-hybridized carbons (Fsp3) is 0.500. The van der Waals surface area contributed by atoms with Gasteiger partial charge < -0.3 is 10.6 Å². The average Bonchev–Trinajstić information content (AvgIpc) is 2.18. The Morgan fingerprint density at radius 3 is 2.27 bits per heavy atom. The third-order valence-electron chi connectivity index (χ3n) is 2.88. The zero-order valence-corrected chi connectivity index (χ0v) is 11.2. The Hall–Kier alpha value is -0.540. The molecular formula is C12H19BrN2. The molecule has 0 saturated carbocycles. The standard InChI is InChI=1S/C12H19BrN2/c1-12(2,8-9-14)15(3)11-6-4-10(13)5-7-11/h4-7H,8-9,14H2,1-3H3. The summed E-state index contributed by atoms with van der Waals surface area (Å²) in [4.78, 5) is 2.27. The van der Waals surface area contributed by atoms with Gasteiger partial charge in [0.05, 0.1) is 0 Å². The predicted molar refractivity (Wildman–Crippen MR) is 70.3 cm³/mol. The Kier molecular flexibility index (Phi) is 4.17. The van der Waals surface area contributed by atoms with Crippen molar-refractivity contribution in [1.82, 2.24) is 0 Å². The maximum absolute atomic E-state index is 5.62. The number of nitrogens with zero attached hydrogens (tertiary/aromatic N) is 1. The number of halogens is 1. The molecule has 0 aromatic heterocycles. The van der Waals surface area contributed by atoms with Gasteiger partial charge in [-0.05, 0) is 51.1 Å². The number of rotatable bonds is 4. The van der Waals surface area contributed by atoms with Gasteiger partial charge in [-0.25, -0.2) is 0 Å². The van der Waals surface area contributed by atoms with Crippen molar-refractivity contribution in [2.24, 2.45) is 5.73 Å². The van der Waals surface area contributed by atoms with Crippen LogP contribution >= 0.6 is 15.9 Å². The van der Waals surface area contributed by atoms with E-state index < -0.39 is 0 Å². The fourth-order valence-electron chi connectivity index (χ4n) is 1.54. The fourth-order valence-corrected chi connectivity index (χ4v) is 1.80. The SMILES string of the molecule is CN(c1ccc(Br)cc1)C(C)(C)CCN. The zero-order valence-electron chi connectivity index (χ0n) is 9.63. The lowest BCUT2D eigenvalue weighted by Crippen LogP contribution is -2.42. The van der Waals surface area contributed by atoms with Crippen molar-refractivity contribution in [3.05, 3.63) is 28.7 Å². The molecule has 0 fully saturated rings. The molecule has 1 rings (SSSR count). The molecule has 0 aliphatic heterocycles.